The highest BCUT2D eigenvalue weighted by Crippen LogP contribution is 2.30. The highest BCUT2D eigenvalue weighted by Gasteiger charge is 2.21. The first-order chi connectivity index (χ1) is 12.0. The molecule has 0 aliphatic rings. The fourth-order valence-electron chi connectivity index (χ4n) is 2.29. The summed E-state index contributed by atoms with van der Waals surface area (Å²) >= 11 is 1.32. The van der Waals surface area contributed by atoms with Gasteiger partial charge in [-0.1, -0.05) is 38.0 Å². The topological polar surface area (TPSA) is 55.4 Å². The Balaban J connectivity index is 2.21. The van der Waals surface area contributed by atoms with E-state index in [0.29, 0.717) is 16.5 Å². The van der Waals surface area contributed by atoms with E-state index >= 15 is 0 Å². The maximum absolute atomic E-state index is 12.3. The fraction of sp³-hybridized carbons (Fsp3) is 0.300. The van der Waals surface area contributed by atoms with Crippen LogP contribution in [0.1, 0.15) is 42.3 Å². The van der Waals surface area contributed by atoms with Crippen LogP contribution in [0.3, 0.4) is 0 Å². The quantitative estimate of drug-likeness (QED) is 0.648. The van der Waals surface area contributed by atoms with Gasteiger partial charge in [-0.15, -0.1) is 11.3 Å². The van der Waals surface area contributed by atoms with E-state index in [9.17, 15) is 9.59 Å². The number of carbonyl (C=O) groups excluding carboxylic acids is 2. The maximum atomic E-state index is 12.3. The predicted octanol–water partition coefficient (Wildman–Crippen LogP) is 4.11. The molecule has 4 nitrogen and oxygen atoms in total. The number of thiophene rings is 1. The molecule has 0 aliphatic carbocycles. The van der Waals surface area contributed by atoms with Crippen molar-refractivity contribution in [3.63, 3.8) is 0 Å². The molecule has 1 aromatic carbocycles. The van der Waals surface area contributed by atoms with Crippen molar-refractivity contribution in [2.45, 2.75) is 27.2 Å². The zero-order chi connectivity index (χ0) is 18.2. The lowest BCUT2D eigenvalue weighted by molar-refractivity contribution is -0.111. The number of anilines is 1. The molecule has 0 radical (unpaired) electrons. The third-order valence-electron chi connectivity index (χ3n) is 3.30. The Kier molecular flexibility index (Phi) is 6.79. The van der Waals surface area contributed by atoms with Gasteiger partial charge in [0.1, 0.15) is 5.00 Å². The number of ether oxygens (including phenoxy) is 1. The summed E-state index contributed by atoms with van der Waals surface area (Å²) < 4.78 is 5.14. The van der Waals surface area contributed by atoms with Crippen molar-refractivity contribution in [2.75, 3.05) is 11.9 Å². The zero-order valence-electron chi connectivity index (χ0n) is 14.6. The number of carbonyl (C=O) groups is 2. The molecule has 130 valence electrons. The van der Waals surface area contributed by atoms with E-state index in [4.69, 9.17) is 4.74 Å². The highest BCUT2D eigenvalue weighted by atomic mass is 32.1. The van der Waals surface area contributed by atoms with Gasteiger partial charge in [0.2, 0.25) is 0 Å². The molecule has 0 saturated carbocycles. The minimum Gasteiger partial charge on any atom is -0.462 e. The van der Waals surface area contributed by atoms with Crippen molar-refractivity contribution in [3.8, 4) is 11.8 Å². The Labute approximate surface area is 152 Å². The van der Waals surface area contributed by atoms with Crippen LogP contribution < -0.4 is 5.32 Å². The molecule has 5 heteroatoms. The Morgan fingerprint density at radius 3 is 2.60 bits per heavy atom. The first kappa shape index (κ1) is 18.8. The molecule has 2 aromatic rings. The SMILES string of the molecule is CCOC(=O)c1c(CC(C)C)csc1NC(=O)C#Cc1ccccc1. The van der Waals surface area contributed by atoms with Crippen LogP contribution in [0, 0.1) is 17.8 Å². The minimum absolute atomic E-state index is 0.289. The van der Waals surface area contributed by atoms with E-state index < -0.39 is 11.9 Å². The fourth-order valence-corrected chi connectivity index (χ4v) is 3.25. The van der Waals surface area contributed by atoms with Crippen LogP contribution in [-0.4, -0.2) is 18.5 Å². The van der Waals surface area contributed by atoms with Crippen LogP contribution in [0.15, 0.2) is 35.7 Å². The molecule has 0 spiro atoms. The molecule has 0 saturated heterocycles. The van der Waals surface area contributed by atoms with Gasteiger partial charge in [-0.2, -0.15) is 0 Å². The number of amides is 1. The van der Waals surface area contributed by atoms with Crippen molar-refractivity contribution < 1.29 is 14.3 Å². The lowest BCUT2D eigenvalue weighted by Gasteiger charge is -2.08. The van der Waals surface area contributed by atoms with E-state index in [0.717, 1.165) is 17.5 Å². The lowest BCUT2D eigenvalue weighted by Crippen LogP contribution is -2.14. The van der Waals surface area contributed by atoms with E-state index in [1.54, 1.807) is 6.92 Å². The normalized spacial score (nSPS) is 10.1. The predicted molar refractivity (Wildman–Crippen MR) is 101 cm³/mol. The number of rotatable bonds is 5. The van der Waals surface area contributed by atoms with Crippen molar-refractivity contribution >= 4 is 28.2 Å². The van der Waals surface area contributed by atoms with E-state index in [1.165, 1.54) is 11.3 Å². The molecule has 0 atom stereocenters. The molecule has 1 aromatic heterocycles. The summed E-state index contributed by atoms with van der Waals surface area (Å²) in [5.74, 6) is 4.88. The third kappa shape index (κ3) is 5.47. The first-order valence-electron chi connectivity index (χ1n) is 8.16. The van der Waals surface area contributed by atoms with Gasteiger partial charge in [-0.05, 0) is 42.3 Å². The number of esters is 1. The van der Waals surface area contributed by atoms with Gasteiger partial charge < -0.3 is 10.1 Å². The summed E-state index contributed by atoms with van der Waals surface area (Å²) in [5, 5.41) is 5.10. The van der Waals surface area contributed by atoms with Crippen LogP contribution in [0.4, 0.5) is 5.00 Å². The highest BCUT2D eigenvalue weighted by molar-refractivity contribution is 7.15. The van der Waals surface area contributed by atoms with Gasteiger partial charge in [0.05, 0.1) is 12.2 Å². The molecule has 0 unspecified atom stereocenters. The van der Waals surface area contributed by atoms with Gasteiger partial charge in [0.25, 0.3) is 0 Å². The second-order valence-corrected chi connectivity index (χ2v) is 6.73. The van der Waals surface area contributed by atoms with Crippen LogP contribution in [-0.2, 0) is 16.0 Å². The Bertz CT molecular complexity index is 797. The first-order valence-corrected chi connectivity index (χ1v) is 9.04. The van der Waals surface area contributed by atoms with Gasteiger partial charge in [0, 0.05) is 11.5 Å². The molecular weight excluding hydrogens is 334 g/mol. The average Bonchev–Trinajstić information content (AvgIpc) is 2.95. The van der Waals surface area contributed by atoms with Crippen molar-refractivity contribution in [2.24, 2.45) is 5.92 Å². The van der Waals surface area contributed by atoms with Crippen LogP contribution in [0.5, 0.6) is 0 Å². The zero-order valence-corrected chi connectivity index (χ0v) is 15.4. The number of nitrogens with one attached hydrogen (secondary N) is 1. The molecular formula is C20H21NO3S. The van der Waals surface area contributed by atoms with Crippen molar-refractivity contribution in [3.05, 3.63) is 52.4 Å². The molecule has 25 heavy (non-hydrogen) atoms. The van der Waals surface area contributed by atoms with Crippen LogP contribution >= 0.6 is 11.3 Å². The summed E-state index contributed by atoms with van der Waals surface area (Å²) in [5.41, 5.74) is 2.09. The average molecular weight is 355 g/mol. The Morgan fingerprint density at radius 2 is 1.96 bits per heavy atom. The van der Waals surface area contributed by atoms with Crippen LogP contribution in [0.25, 0.3) is 0 Å². The molecule has 1 heterocycles. The summed E-state index contributed by atoms with van der Waals surface area (Å²) in [6.07, 6.45) is 0.746. The van der Waals surface area contributed by atoms with Gasteiger partial charge in [-0.25, -0.2) is 4.79 Å². The monoisotopic (exact) mass is 355 g/mol. The molecule has 0 aliphatic heterocycles. The van der Waals surface area contributed by atoms with Crippen molar-refractivity contribution in [1.29, 1.82) is 0 Å². The number of hydrogen-bond donors (Lipinski definition) is 1. The Morgan fingerprint density at radius 1 is 1.24 bits per heavy atom. The van der Waals surface area contributed by atoms with Crippen molar-refractivity contribution in [1.82, 2.24) is 0 Å². The molecule has 1 amide bonds. The molecule has 0 fully saturated rings. The molecule has 2 rings (SSSR count). The van der Waals surface area contributed by atoms with E-state index in [-0.39, 0.29) is 6.61 Å². The largest absolute Gasteiger partial charge is 0.462 e. The number of hydrogen-bond acceptors (Lipinski definition) is 4. The van der Waals surface area contributed by atoms with Crippen LogP contribution in [0.2, 0.25) is 0 Å². The van der Waals surface area contributed by atoms with Gasteiger partial charge in [-0.3, -0.25) is 4.79 Å². The summed E-state index contributed by atoms with van der Waals surface area (Å²) in [7, 11) is 0. The van der Waals surface area contributed by atoms with E-state index in [1.807, 2.05) is 35.7 Å². The lowest BCUT2D eigenvalue weighted by atomic mass is 10.0. The number of benzene rings is 1. The summed E-state index contributed by atoms with van der Waals surface area (Å²) in [6, 6.07) is 9.27. The second-order valence-electron chi connectivity index (χ2n) is 5.85. The summed E-state index contributed by atoms with van der Waals surface area (Å²) in [6.45, 7) is 6.21. The molecule has 0 bridgehead atoms. The van der Waals surface area contributed by atoms with E-state index in [2.05, 4.69) is 31.0 Å². The standard InChI is InChI=1S/C20H21NO3S/c1-4-24-20(23)18-16(12-14(2)3)13-25-19(18)21-17(22)11-10-15-8-6-5-7-9-15/h5-9,13-14H,4,12H2,1-3H3,(H,21,22). The van der Waals surface area contributed by atoms with Gasteiger partial charge >= 0.3 is 11.9 Å². The molecule has 1 N–H and O–H groups in total. The Hall–Kier alpha value is -2.58. The maximum Gasteiger partial charge on any atom is 0.341 e. The smallest absolute Gasteiger partial charge is 0.341 e. The van der Waals surface area contributed by atoms with Gasteiger partial charge in [0.15, 0.2) is 0 Å². The summed E-state index contributed by atoms with van der Waals surface area (Å²) in [4.78, 5) is 24.4. The second kappa shape index (κ2) is 9.05. The third-order valence-corrected chi connectivity index (χ3v) is 4.24. The minimum atomic E-state index is -0.452.